The van der Waals surface area contributed by atoms with Gasteiger partial charge in [-0.2, -0.15) is 0 Å². The van der Waals surface area contributed by atoms with Crippen LogP contribution in [0.1, 0.15) is 11.1 Å². The number of aromatic nitrogens is 2. The zero-order valence-corrected chi connectivity index (χ0v) is 21.5. The van der Waals surface area contributed by atoms with Gasteiger partial charge in [0.2, 0.25) is 0 Å². The fourth-order valence-electron chi connectivity index (χ4n) is 5.53. The number of nitrogens with one attached hydrogen (secondary N) is 2. The first kappa shape index (κ1) is 24.4. The van der Waals surface area contributed by atoms with Crippen molar-refractivity contribution >= 4 is 50.5 Å². The third-order valence-electron chi connectivity index (χ3n) is 7.42. The van der Waals surface area contributed by atoms with E-state index >= 15 is 0 Å². The van der Waals surface area contributed by atoms with Crippen LogP contribution in [0, 0.1) is 0 Å². The van der Waals surface area contributed by atoms with Crippen molar-refractivity contribution in [3.63, 3.8) is 0 Å². The van der Waals surface area contributed by atoms with E-state index in [1.54, 1.807) is 6.20 Å². The van der Waals surface area contributed by atoms with Crippen molar-refractivity contribution < 1.29 is 19.4 Å². The van der Waals surface area contributed by atoms with Crippen molar-refractivity contribution in [3.05, 3.63) is 66.0 Å². The largest absolute Gasteiger partial charge is 0.390 e. The Bertz CT molecular complexity index is 1570. The fraction of sp³-hybridized carbons (Fsp3) is 0.310. The highest BCUT2D eigenvalue weighted by Crippen LogP contribution is 2.39. The summed E-state index contributed by atoms with van der Waals surface area (Å²) in [5.74, 6) is -0.828. The van der Waals surface area contributed by atoms with Gasteiger partial charge in [-0.25, -0.2) is 0 Å². The van der Waals surface area contributed by atoms with Gasteiger partial charge in [-0.3, -0.25) is 19.8 Å². The van der Waals surface area contributed by atoms with Gasteiger partial charge in [0.25, 0.3) is 11.8 Å². The zero-order valence-electron chi connectivity index (χ0n) is 21.5. The van der Waals surface area contributed by atoms with Gasteiger partial charge in [0.15, 0.2) is 0 Å². The molecule has 2 amide bonds. The number of nitrogens with zero attached hydrogens (tertiary/aromatic N) is 3. The van der Waals surface area contributed by atoms with Crippen LogP contribution in [-0.4, -0.2) is 84.4 Å². The van der Waals surface area contributed by atoms with E-state index in [1.165, 1.54) is 0 Å². The highest BCUT2D eigenvalue weighted by atomic mass is 16.5. The number of aliphatic hydroxyl groups is 1. The lowest BCUT2D eigenvalue weighted by atomic mass is 9.95. The summed E-state index contributed by atoms with van der Waals surface area (Å²) in [5, 5.41) is 15.2. The van der Waals surface area contributed by atoms with E-state index in [0.717, 1.165) is 40.6 Å². The van der Waals surface area contributed by atoms with E-state index in [4.69, 9.17) is 4.74 Å². The number of morpholine rings is 1. The van der Waals surface area contributed by atoms with E-state index in [1.807, 2.05) is 72.2 Å². The normalized spacial score (nSPS) is 17.6. The third-order valence-corrected chi connectivity index (χ3v) is 7.42. The zero-order chi connectivity index (χ0) is 26.4. The number of ether oxygens (including phenoxy) is 1. The predicted molar refractivity (Wildman–Crippen MR) is 148 cm³/mol. The van der Waals surface area contributed by atoms with E-state index in [2.05, 4.69) is 15.2 Å². The number of carbonyl (C=O) groups is 2. The molecular weight excluding hydrogens is 482 g/mol. The summed E-state index contributed by atoms with van der Waals surface area (Å²) >= 11 is 0. The minimum absolute atomic E-state index is 0.349. The number of H-pyrrole nitrogens is 1. The molecule has 0 radical (unpaired) electrons. The lowest BCUT2D eigenvalue weighted by Crippen LogP contribution is -2.41. The number of rotatable bonds is 7. The molecule has 9 heteroatoms. The summed E-state index contributed by atoms with van der Waals surface area (Å²) < 4.78 is 7.42. The smallest absolute Gasteiger partial charge is 0.259 e. The molecule has 2 aliphatic heterocycles. The number of para-hydroxylation sites is 1. The van der Waals surface area contributed by atoms with Crippen molar-refractivity contribution in [1.29, 1.82) is 0 Å². The lowest BCUT2D eigenvalue weighted by molar-refractivity contribution is -0.122. The van der Waals surface area contributed by atoms with Gasteiger partial charge < -0.3 is 24.3 Å². The summed E-state index contributed by atoms with van der Waals surface area (Å²) in [6.07, 6.45) is 3.08. The minimum Gasteiger partial charge on any atom is -0.390 e. The van der Waals surface area contributed by atoms with Crippen molar-refractivity contribution in [2.75, 3.05) is 51.8 Å². The van der Waals surface area contributed by atoms with Crippen molar-refractivity contribution in [1.82, 2.24) is 19.8 Å². The second kappa shape index (κ2) is 9.75. The number of hydrogen-bond donors (Lipinski definition) is 3. The molecule has 0 saturated carbocycles. The fourth-order valence-corrected chi connectivity index (χ4v) is 5.53. The maximum atomic E-state index is 13.3. The predicted octanol–water partition coefficient (Wildman–Crippen LogP) is 2.45. The Morgan fingerprint density at radius 1 is 0.974 bits per heavy atom. The summed E-state index contributed by atoms with van der Waals surface area (Å²) in [4.78, 5) is 33.9. The van der Waals surface area contributed by atoms with E-state index in [-0.39, 0.29) is 0 Å². The number of carbonyl (C=O) groups excluding carboxylic acids is 2. The molecule has 2 aliphatic rings. The number of hydrogen-bond acceptors (Lipinski definition) is 6. The van der Waals surface area contributed by atoms with Gasteiger partial charge in [-0.1, -0.05) is 18.2 Å². The molecule has 9 nitrogen and oxygen atoms in total. The third kappa shape index (κ3) is 4.28. The van der Waals surface area contributed by atoms with Crippen LogP contribution in [-0.2, 0) is 20.9 Å². The van der Waals surface area contributed by atoms with Crippen LogP contribution in [0.3, 0.4) is 0 Å². The van der Waals surface area contributed by atoms with Gasteiger partial charge in [0.1, 0.15) is 0 Å². The van der Waals surface area contributed by atoms with Crippen LogP contribution >= 0.6 is 0 Å². The quantitative estimate of drug-likeness (QED) is 0.328. The van der Waals surface area contributed by atoms with Crippen LogP contribution in [0.2, 0.25) is 0 Å². The number of aliphatic hydroxyl groups excluding tert-OH is 1. The molecule has 4 heterocycles. The number of amides is 2. The molecule has 2 aromatic carbocycles. The molecule has 4 aromatic rings. The number of β-amino-alcohol motifs (C(OH)–C–C–N with tert-alkyl or cyclic N) is 1. The second-order valence-corrected chi connectivity index (χ2v) is 10.1. The summed E-state index contributed by atoms with van der Waals surface area (Å²) in [6.45, 7) is 3.83. The SMILES string of the molecule is CN(C)c1ccc2c(c1)c(C1=C(c3c[nH]c4ccccc34)C(=O)NC1=O)cn2CC(O)CN1CCOCC1. The summed E-state index contributed by atoms with van der Waals surface area (Å²) in [7, 11) is 3.93. The Kier molecular flexibility index (Phi) is 6.27. The van der Waals surface area contributed by atoms with Crippen molar-refractivity contribution in [3.8, 4) is 0 Å². The number of aromatic amines is 1. The molecule has 1 fully saturated rings. The molecular formula is C29H31N5O4. The maximum Gasteiger partial charge on any atom is 0.259 e. The van der Waals surface area contributed by atoms with Crippen molar-refractivity contribution in [2.45, 2.75) is 12.6 Å². The highest BCUT2D eigenvalue weighted by Gasteiger charge is 2.35. The van der Waals surface area contributed by atoms with Crippen LogP contribution < -0.4 is 10.2 Å². The minimum atomic E-state index is -0.605. The average molecular weight is 514 g/mol. The van der Waals surface area contributed by atoms with Crippen molar-refractivity contribution in [2.24, 2.45) is 0 Å². The number of imide groups is 1. The molecule has 1 unspecified atom stereocenters. The molecule has 3 N–H and O–H groups in total. The molecule has 0 spiro atoms. The second-order valence-electron chi connectivity index (χ2n) is 10.1. The Balaban J connectivity index is 1.48. The van der Waals surface area contributed by atoms with Gasteiger partial charge >= 0.3 is 0 Å². The van der Waals surface area contributed by atoms with E-state index in [0.29, 0.717) is 48.6 Å². The number of anilines is 1. The lowest BCUT2D eigenvalue weighted by Gasteiger charge is -2.28. The molecule has 0 bridgehead atoms. The Hall–Kier alpha value is -3.92. The molecule has 6 rings (SSSR count). The molecule has 0 aliphatic carbocycles. The molecule has 1 saturated heterocycles. The molecule has 2 aromatic heterocycles. The Morgan fingerprint density at radius 3 is 2.47 bits per heavy atom. The molecule has 1 atom stereocenters. The monoisotopic (exact) mass is 513 g/mol. The van der Waals surface area contributed by atoms with Crippen LogP contribution in [0.15, 0.2) is 54.9 Å². The first-order valence-corrected chi connectivity index (χ1v) is 12.9. The maximum absolute atomic E-state index is 13.3. The number of benzene rings is 2. The van der Waals surface area contributed by atoms with Crippen LogP contribution in [0.5, 0.6) is 0 Å². The van der Waals surface area contributed by atoms with E-state index < -0.39 is 17.9 Å². The van der Waals surface area contributed by atoms with Gasteiger partial charge in [0, 0.05) is 91.3 Å². The Morgan fingerprint density at radius 2 is 1.71 bits per heavy atom. The topological polar surface area (TPSA) is 103 Å². The first-order valence-electron chi connectivity index (χ1n) is 12.9. The molecule has 38 heavy (non-hydrogen) atoms. The summed E-state index contributed by atoms with van der Waals surface area (Å²) in [6, 6.07) is 13.8. The summed E-state index contributed by atoms with van der Waals surface area (Å²) in [5.41, 5.74) is 4.83. The highest BCUT2D eigenvalue weighted by molar-refractivity contribution is 6.50. The van der Waals surface area contributed by atoms with Gasteiger partial charge in [-0.05, 0) is 24.3 Å². The van der Waals surface area contributed by atoms with E-state index in [9.17, 15) is 14.7 Å². The Labute approximate surface area is 220 Å². The average Bonchev–Trinajstić information content (AvgIpc) is 3.57. The van der Waals surface area contributed by atoms with Gasteiger partial charge in [0.05, 0.1) is 30.5 Å². The van der Waals surface area contributed by atoms with Crippen LogP contribution in [0.4, 0.5) is 5.69 Å². The first-order chi connectivity index (χ1) is 18.4. The van der Waals surface area contributed by atoms with Crippen LogP contribution in [0.25, 0.3) is 33.0 Å². The van der Waals surface area contributed by atoms with Gasteiger partial charge in [-0.15, -0.1) is 0 Å². The standard InChI is InChI=1S/C29H31N5O4/c1-32(2)18-7-8-25-21(13-18)23(17-34(25)16-19(35)15-33-9-11-38-12-10-33)27-26(28(36)31-29(27)37)22-14-30-24-6-4-3-5-20(22)24/h3-8,13-14,17,19,30,35H,9-12,15-16H2,1-2H3,(H,31,36,37). The number of fused-ring (bicyclic) bond motifs is 2. The molecule has 196 valence electrons.